The molecule has 0 aliphatic rings. The molecular formula is C21H24BrN3O. The molecule has 4 nitrogen and oxygen atoms in total. The maximum atomic E-state index is 12.5. The maximum absolute atomic E-state index is 12.5. The van der Waals surface area contributed by atoms with E-state index in [4.69, 9.17) is 4.98 Å². The van der Waals surface area contributed by atoms with Crippen molar-refractivity contribution in [2.75, 3.05) is 6.54 Å². The third-order valence-corrected chi connectivity index (χ3v) is 5.36. The molecule has 0 radical (unpaired) electrons. The Hall–Kier alpha value is -1.98. The largest absolute Gasteiger partial charge is 0.291 e. The molecule has 0 N–H and O–H groups in total. The van der Waals surface area contributed by atoms with Crippen LogP contribution in [0.15, 0.2) is 57.9 Å². The molecule has 2 heterocycles. The van der Waals surface area contributed by atoms with Crippen LogP contribution in [-0.4, -0.2) is 20.8 Å². The zero-order valence-corrected chi connectivity index (χ0v) is 17.0. The van der Waals surface area contributed by atoms with Gasteiger partial charge >= 0.3 is 0 Å². The SMILES string of the molecule is CCCN(Cc1cc(=O)n2cc(C)ccc2n1)[C@@H](C)c1ccccc1Br. The Labute approximate surface area is 162 Å². The van der Waals surface area contributed by atoms with Crippen molar-refractivity contribution in [1.82, 2.24) is 14.3 Å². The number of pyridine rings is 1. The van der Waals surface area contributed by atoms with Crippen molar-refractivity contribution in [3.05, 3.63) is 80.3 Å². The zero-order chi connectivity index (χ0) is 18.7. The van der Waals surface area contributed by atoms with Gasteiger partial charge in [-0.15, -0.1) is 0 Å². The number of halogens is 1. The van der Waals surface area contributed by atoms with Gasteiger partial charge in [-0.3, -0.25) is 14.1 Å². The summed E-state index contributed by atoms with van der Waals surface area (Å²) < 4.78 is 2.72. The summed E-state index contributed by atoms with van der Waals surface area (Å²) in [4.78, 5) is 19.6. The number of hydrogen-bond donors (Lipinski definition) is 0. The van der Waals surface area contributed by atoms with Gasteiger partial charge in [0.25, 0.3) is 5.56 Å². The highest BCUT2D eigenvalue weighted by atomic mass is 79.9. The quantitative estimate of drug-likeness (QED) is 0.585. The number of rotatable bonds is 6. The first kappa shape index (κ1) is 18.8. The van der Waals surface area contributed by atoms with Gasteiger partial charge in [0.2, 0.25) is 0 Å². The molecule has 0 unspecified atom stereocenters. The Morgan fingerprint density at radius 2 is 2.00 bits per heavy atom. The van der Waals surface area contributed by atoms with E-state index in [0.717, 1.165) is 28.7 Å². The first-order valence-corrected chi connectivity index (χ1v) is 9.76. The van der Waals surface area contributed by atoms with Gasteiger partial charge < -0.3 is 0 Å². The predicted molar refractivity (Wildman–Crippen MR) is 109 cm³/mol. The van der Waals surface area contributed by atoms with Crippen LogP contribution in [-0.2, 0) is 6.54 Å². The molecule has 1 aromatic carbocycles. The molecule has 136 valence electrons. The van der Waals surface area contributed by atoms with Gasteiger partial charge in [-0.05, 0) is 50.1 Å². The van der Waals surface area contributed by atoms with E-state index in [9.17, 15) is 4.79 Å². The van der Waals surface area contributed by atoms with Gasteiger partial charge in [-0.25, -0.2) is 4.98 Å². The Bertz CT molecular complexity index is 967. The van der Waals surface area contributed by atoms with Crippen molar-refractivity contribution in [2.45, 2.75) is 39.8 Å². The second-order valence-electron chi connectivity index (χ2n) is 6.69. The van der Waals surface area contributed by atoms with Crippen LogP contribution in [0, 0.1) is 6.92 Å². The standard InChI is InChI=1S/C21H24BrN3O/c1-4-11-24(16(3)18-7-5-6-8-19(18)22)14-17-12-21(26)25-13-15(2)9-10-20(25)23-17/h5-10,12-13,16H,4,11,14H2,1-3H3/t16-/m0/s1. The molecule has 0 bridgehead atoms. The smallest absolute Gasteiger partial charge is 0.258 e. The van der Waals surface area contributed by atoms with E-state index in [-0.39, 0.29) is 11.6 Å². The minimum absolute atomic E-state index is 0.0290. The molecule has 0 saturated heterocycles. The average Bonchev–Trinajstić information content (AvgIpc) is 2.62. The van der Waals surface area contributed by atoms with E-state index < -0.39 is 0 Å². The summed E-state index contributed by atoms with van der Waals surface area (Å²) in [5, 5.41) is 0. The van der Waals surface area contributed by atoms with E-state index >= 15 is 0 Å². The number of nitrogens with zero attached hydrogens (tertiary/aromatic N) is 3. The fraction of sp³-hybridized carbons (Fsp3) is 0.333. The second kappa shape index (κ2) is 8.14. The fourth-order valence-corrected chi connectivity index (χ4v) is 3.87. The van der Waals surface area contributed by atoms with E-state index in [1.807, 2.05) is 31.3 Å². The number of benzene rings is 1. The first-order chi connectivity index (χ1) is 12.5. The Morgan fingerprint density at radius 3 is 2.73 bits per heavy atom. The van der Waals surface area contributed by atoms with E-state index in [1.54, 1.807) is 10.5 Å². The van der Waals surface area contributed by atoms with E-state index in [2.05, 4.69) is 52.9 Å². The van der Waals surface area contributed by atoms with Crippen molar-refractivity contribution < 1.29 is 0 Å². The summed E-state index contributed by atoms with van der Waals surface area (Å²) in [5.41, 5.74) is 3.77. The number of aryl methyl sites for hydroxylation is 1. The summed E-state index contributed by atoms with van der Waals surface area (Å²) in [6, 6.07) is 14.1. The summed E-state index contributed by atoms with van der Waals surface area (Å²) in [6.07, 6.45) is 2.88. The lowest BCUT2D eigenvalue weighted by molar-refractivity contribution is 0.199. The minimum Gasteiger partial charge on any atom is -0.291 e. The van der Waals surface area contributed by atoms with Crippen LogP contribution < -0.4 is 5.56 Å². The van der Waals surface area contributed by atoms with E-state index in [0.29, 0.717) is 12.2 Å². The fourth-order valence-electron chi connectivity index (χ4n) is 3.25. The normalized spacial score (nSPS) is 12.7. The van der Waals surface area contributed by atoms with Gasteiger partial charge in [-0.1, -0.05) is 47.1 Å². The van der Waals surface area contributed by atoms with Crippen LogP contribution in [0.5, 0.6) is 0 Å². The van der Waals surface area contributed by atoms with E-state index in [1.165, 1.54) is 5.56 Å². The first-order valence-electron chi connectivity index (χ1n) is 8.97. The lowest BCUT2D eigenvalue weighted by atomic mass is 10.1. The van der Waals surface area contributed by atoms with Gasteiger partial charge in [0.1, 0.15) is 5.65 Å². The molecule has 0 spiro atoms. The van der Waals surface area contributed by atoms with Crippen LogP contribution in [0.4, 0.5) is 0 Å². The molecule has 5 heteroatoms. The molecule has 1 atom stereocenters. The highest BCUT2D eigenvalue weighted by molar-refractivity contribution is 9.10. The van der Waals surface area contributed by atoms with Gasteiger partial charge in [0.15, 0.2) is 0 Å². The molecule has 3 aromatic rings. The average molecular weight is 414 g/mol. The number of aromatic nitrogens is 2. The molecule has 0 aliphatic heterocycles. The highest BCUT2D eigenvalue weighted by Crippen LogP contribution is 2.28. The summed E-state index contributed by atoms with van der Waals surface area (Å²) in [5.74, 6) is 0. The molecule has 0 saturated carbocycles. The van der Waals surface area contributed by atoms with Crippen molar-refractivity contribution in [3.8, 4) is 0 Å². The van der Waals surface area contributed by atoms with Crippen molar-refractivity contribution in [2.24, 2.45) is 0 Å². The lowest BCUT2D eigenvalue weighted by Crippen LogP contribution is -2.29. The maximum Gasteiger partial charge on any atom is 0.258 e. The van der Waals surface area contributed by atoms with Gasteiger partial charge in [0.05, 0.1) is 5.69 Å². The molecule has 26 heavy (non-hydrogen) atoms. The molecule has 0 amide bonds. The molecule has 3 rings (SSSR count). The predicted octanol–water partition coefficient (Wildman–Crippen LogP) is 4.74. The number of fused-ring (bicyclic) bond motifs is 1. The molecule has 0 aliphatic carbocycles. The van der Waals surface area contributed by atoms with Gasteiger partial charge in [0, 0.05) is 29.3 Å². The topological polar surface area (TPSA) is 37.6 Å². The Morgan fingerprint density at radius 1 is 1.23 bits per heavy atom. The van der Waals surface area contributed by atoms with Crippen molar-refractivity contribution in [1.29, 1.82) is 0 Å². The highest BCUT2D eigenvalue weighted by Gasteiger charge is 2.18. The van der Waals surface area contributed by atoms with Crippen LogP contribution in [0.2, 0.25) is 0 Å². The van der Waals surface area contributed by atoms with Crippen LogP contribution in [0.1, 0.15) is 43.1 Å². The minimum atomic E-state index is -0.0290. The van der Waals surface area contributed by atoms with Crippen LogP contribution in [0.3, 0.4) is 0 Å². The Kier molecular flexibility index (Phi) is 5.89. The summed E-state index contributed by atoms with van der Waals surface area (Å²) in [6.45, 7) is 7.94. The zero-order valence-electron chi connectivity index (χ0n) is 15.4. The molecule has 0 fully saturated rings. The van der Waals surface area contributed by atoms with Crippen molar-refractivity contribution >= 4 is 21.6 Å². The van der Waals surface area contributed by atoms with Crippen molar-refractivity contribution in [3.63, 3.8) is 0 Å². The monoisotopic (exact) mass is 413 g/mol. The van der Waals surface area contributed by atoms with Crippen LogP contribution >= 0.6 is 15.9 Å². The lowest BCUT2D eigenvalue weighted by Gasteiger charge is -2.29. The summed E-state index contributed by atoms with van der Waals surface area (Å²) >= 11 is 3.66. The third kappa shape index (κ3) is 4.05. The number of hydrogen-bond acceptors (Lipinski definition) is 3. The van der Waals surface area contributed by atoms with Gasteiger partial charge in [-0.2, -0.15) is 0 Å². The third-order valence-electron chi connectivity index (χ3n) is 4.64. The second-order valence-corrected chi connectivity index (χ2v) is 7.54. The molecular weight excluding hydrogens is 390 g/mol. The van der Waals surface area contributed by atoms with Crippen LogP contribution in [0.25, 0.3) is 5.65 Å². The Balaban J connectivity index is 1.93. The molecule has 2 aromatic heterocycles. The summed E-state index contributed by atoms with van der Waals surface area (Å²) in [7, 11) is 0.